The van der Waals surface area contributed by atoms with Crippen molar-refractivity contribution in [3.05, 3.63) is 59.7 Å². The molecule has 0 aliphatic carbocycles. The molecule has 5 heteroatoms. The average molecular weight is 293 g/mol. The van der Waals surface area contributed by atoms with Crippen molar-refractivity contribution in [2.75, 3.05) is 11.4 Å². The molecule has 0 fully saturated rings. The smallest absolute Gasteiger partial charge is 0.406 e. The highest BCUT2D eigenvalue weighted by molar-refractivity contribution is 5.51. The summed E-state index contributed by atoms with van der Waals surface area (Å²) in [5.74, 6) is -0.191. The van der Waals surface area contributed by atoms with Crippen LogP contribution in [-0.2, 0) is 13.0 Å². The molecule has 2 aromatic rings. The number of hydrogen-bond donors (Lipinski definition) is 0. The van der Waals surface area contributed by atoms with Crippen molar-refractivity contribution in [3.8, 4) is 5.75 Å². The summed E-state index contributed by atoms with van der Waals surface area (Å²) in [6, 6.07) is 14.3. The SMILES string of the molecule is FC(F)(F)Oc1ccc(N2CCc3ccccc3C2)cc1. The molecule has 3 rings (SSSR count). The normalized spacial score (nSPS) is 14.7. The largest absolute Gasteiger partial charge is 0.573 e. The van der Waals surface area contributed by atoms with E-state index in [-0.39, 0.29) is 5.75 Å². The van der Waals surface area contributed by atoms with Gasteiger partial charge in [0.15, 0.2) is 0 Å². The van der Waals surface area contributed by atoms with E-state index in [9.17, 15) is 13.2 Å². The van der Waals surface area contributed by atoms with E-state index in [2.05, 4.69) is 21.8 Å². The Bertz CT molecular complexity index is 622. The van der Waals surface area contributed by atoms with Gasteiger partial charge in [0.1, 0.15) is 5.75 Å². The lowest BCUT2D eigenvalue weighted by atomic mass is 9.99. The molecule has 1 aliphatic heterocycles. The van der Waals surface area contributed by atoms with Crippen LogP contribution in [0.25, 0.3) is 0 Å². The molecular weight excluding hydrogens is 279 g/mol. The van der Waals surface area contributed by atoms with Gasteiger partial charge in [-0.05, 0) is 41.8 Å². The van der Waals surface area contributed by atoms with Crippen molar-refractivity contribution in [2.24, 2.45) is 0 Å². The third-order valence-corrected chi connectivity index (χ3v) is 3.57. The maximum Gasteiger partial charge on any atom is 0.573 e. The van der Waals surface area contributed by atoms with Gasteiger partial charge in [0.05, 0.1) is 0 Å². The molecule has 21 heavy (non-hydrogen) atoms. The van der Waals surface area contributed by atoms with Crippen LogP contribution >= 0.6 is 0 Å². The first-order chi connectivity index (χ1) is 10.0. The second-order valence-corrected chi connectivity index (χ2v) is 4.98. The minimum Gasteiger partial charge on any atom is -0.406 e. The molecule has 2 aromatic carbocycles. The van der Waals surface area contributed by atoms with Gasteiger partial charge in [-0.2, -0.15) is 0 Å². The minimum absolute atomic E-state index is 0.191. The zero-order chi connectivity index (χ0) is 14.9. The van der Waals surface area contributed by atoms with Crippen LogP contribution in [0.3, 0.4) is 0 Å². The number of anilines is 1. The summed E-state index contributed by atoms with van der Waals surface area (Å²) in [4.78, 5) is 2.15. The van der Waals surface area contributed by atoms with Crippen LogP contribution in [-0.4, -0.2) is 12.9 Å². The van der Waals surface area contributed by atoms with Crippen LogP contribution in [0, 0.1) is 0 Å². The lowest BCUT2D eigenvalue weighted by Gasteiger charge is -2.30. The molecule has 0 saturated heterocycles. The Morgan fingerprint density at radius 3 is 2.24 bits per heavy atom. The highest BCUT2D eigenvalue weighted by atomic mass is 19.4. The van der Waals surface area contributed by atoms with Gasteiger partial charge in [-0.3, -0.25) is 0 Å². The number of nitrogens with zero attached hydrogens (tertiary/aromatic N) is 1. The molecule has 0 spiro atoms. The van der Waals surface area contributed by atoms with Crippen LogP contribution in [0.4, 0.5) is 18.9 Å². The molecule has 2 nitrogen and oxygen atoms in total. The van der Waals surface area contributed by atoms with Gasteiger partial charge < -0.3 is 9.64 Å². The second-order valence-electron chi connectivity index (χ2n) is 4.98. The quantitative estimate of drug-likeness (QED) is 0.825. The molecule has 0 unspecified atom stereocenters. The second kappa shape index (κ2) is 5.31. The number of alkyl halides is 3. The summed E-state index contributed by atoms with van der Waals surface area (Å²) in [5.41, 5.74) is 3.50. The van der Waals surface area contributed by atoms with Gasteiger partial charge in [-0.25, -0.2) is 0 Å². The summed E-state index contributed by atoms with van der Waals surface area (Å²) in [5, 5.41) is 0. The minimum atomic E-state index is -4.65. The fraction of sp³-hybridized carbons (Fsp3) is 0.250. The Kier molecular flexibility index (Phi) is 3.49. The number of hydrogen-bond acceptors (Lipinski definition) is 2. The number of halogens is 3. The van der Waals surface area contributed by atoms with Crippen molar-refractivity contribution in [2.45, 2.75) is 19.3 Å². The van der Waals surface area contributed by atoms with E-state index in [1.807, 2.05) is 12.1 Å². The van der Waals surface area contributed by atoms with Crippen molar-refractivity contribution in [1.82, 2.24) is 0 Å². The first-order valence-electron chi connectivity index (χ1n) is 6.69. The summed E-state index contributed by atoms with van der Waals surface area (Å²) in [6.07, 6.45) is -3.71. The molecule has 110 valence electrons. The first kappa shape index (κ1) is 13.8. The zero-order valence-electron chi connectivity index (χ0n) is 11.2. The topological polar surface area (TPSA) is 12.5 Å². The zero-order valence-corrected chi connectivity index (χ0v) is 11.2. The first-order valence-corrected chi connectivity index (χ1v) is 6.69. The van der Waals surface area contributed by atoms with Crippen molar-refractivity contribution < 1.29 is 17.9 Å². The average Bonchev–Trinajstić information content (AvgIpc) is 2.46. The van der Waals surface area contributed by atoms with Crippen LogP contribution in [0.15, 0.2) is 48.5 Å². The fourth-order valence-corrected chi connectivity index (χ4v) is 2.57. The lowest BCUT2D eigenvalue weighted by molar-refractivity contribution is -0.274. The Labute approximate surface area is 120 Å². The Hall–Kier alpha value is -2.17. The summed E-state index contributed by atoms with van der Waals surface area (Å²) in [7, 11) is 0. The number of fused-ring (bicyclic) bond motifs is 1. The summed E-state index contributed by atoms with van der Waals surface area (Å²) < 4.78 is 40.3. The predicted octanol–water partition coefficient (Wildman–Crippen LogP) is 4.15. The maximum atomic E-state index is 12.1. The fourth-order valence-electron chi connectivity index (χ4n) is 2.57. The van der Waals surface area contributed by atoms with Crippen molar-refractivity contribution >= 4 is 5.69 Å². The van der Waals surface area contributed by atoms with Gasteiger partial charge >= 0.3 is 6.36 Å². The standard InChI is InChI=1S/C16H14F3NO/c17-16(18,19)21-15-7-5-14(6-8-15)20-10-9-12-3-1-2-4-13(12)11-20/h1-8H,9-11H2. The van der Waals surface area contributed by atoms with Gasteiger partial charge in [-0.1, -0.05) is 24.3 Å². The third kappa shape index (κ3) is 3.29. The predicted molar refractivity (Wildman–Crippen MR) is 74.3 cm³/mol. The van der Waals surface area contributed by atoms with E-state index in [4.69, 9.17) is 0 Å². The molecule has 0 radical (unpaired) electrons. The van der Waals surface area contributed by atoms with Crippen LogP contribution in [0.5, 0.6) is 5.75 Å². The van der Waals surface area contributed by atoms with E-state index in [0.29, 0.717) is 0 Å². The van der Waals surface area contributed by atoms with Gasteiger partial charge in [-0.15, -0.1) is 13.2 Å². The van der Waals surface area contributed by atoms with Gasteiger partial charge in [0, 0.05) is 18.8 Å². The molecule has 1 heterocycles. The van der Waals surface area contributed by atoms with E-state index >= 15 is 0 Å². The summed E-state index contributed by atoms with van der Waals surface area (Å²) in [6.45, 7) is 1.63. The molecule has 0 atom stereocenters. The Morgan fingerprint density at radius 1 is 0.905 bits per heavy atom. The summed E-state index contributed by atoms with van der Waals surface area (Å²) >= 11 is 0. The molecule has 1 aliphatic rings. The van der Waals surface area contributed by atoms with E-state index < -0.39 is 6.36 Å². The molecule has 0 aromatic heterocycles. The van der Waals surface area contributed by atoms with Crippen molar-refractivity contribution in [3.63, 3.8) is 0 Å². The van der Waals surface area contributed by atoms with E-state index in [0.717, 1.165) is 25.2 Å². The highest BCUT2D eigenvalue weighted by Gasteiger charge is 2.31. The molecule has 0 bridgehead atoms. The molecular formula is C16H14F3NO. The third-order valence-electron chi connectivity index (χ3n) is 3.57. The number of ether oxygens (including phenoxy) is 1. The van der Waals surface area contributed by atoms with Gasteiger partial charge in [0.25, 0.3) is 0 Å². The number of benzene rings is 2. The highest BCUT2D eigenvalue weighted by Crippen LogP contribution is 2.28. The molecule has 0 N–H and O–H groups in total. The van der Waals surface area contributed by atoms with Gasteiger partial charge in [0.2, 0.25) is 0 Å². The molecule has 0 saturated carbocycles. The van der Waals surface area contributed by atoms with Crippen LogP contribution in [0.1, 0.15) is 11.1 Å². The van der Waals surface area contributed by atoms with Crippen LogP contribution < -0.4 is 9.64 Å². The van der Waals surface area contributed by atoms with Crippen LogP contribution in [0.2, 0.25) is 0 Å². The monoisotopic (exact) mass is 293 g/mol. The lowest BCUT2D eigenvalue weighted by Crippen LogP contribution is -2.30. The maximum absolute atomic E-state index is 12.1. The Balaban J connectivity index is 1.74. The molecule has 0 amide bonds. The van der Waals surface area contributed by atoms with E-state index in [1.165, 1.54) is 23.3 Å². The van der Waals surface area contributed by atoms with E-state index in [1.54, 1.807) is 12.1 Å². The van der Waals surface area contributed by atoms with Crippen molar-refractivity contribution in [1.29, 1.82) is 0 Å². The number of rotatable bonds is 2. The Morgan fingerprint density at radius 2 is 1.57 bits per heavy atom.